The van der Waals surface area contributed by atoms with Gasteiger partial charge in [0.25, 0.3) is 0 Å². The van der Waals surface area contributed by atoms with Crippen molar-refractivity contribution in [2.45, 2.75) is 6.92 Å². The van der Waals surface area contributed by atoms with Crippen molar-refractivity contribution in [3.05, 3.63) is 46.3 Å². The summed E-state index contributed by atoms with van der Waals surface area (Å²) < 4.78 is 5.07. The van der Waals surface area contributed by atoms with Crippen LogP contribution < -0.4 is 15.0 Å². The first kappa shape index (κ1) is 19.5. The molecule has 3 rings (SSSR count). The van der Waals surface area contributed by atoms with Gasteiger partial charge in [-0.05, 0) is 18.6 Å². The fourth-order valence-corrected chi connectivity index (χ4v) is 3.07. The van der Waals surface area contributed by atoms with Gasteiger partial charge in [0.15, 0.2) is 5.75 Å². The number of hydrogen-bond donors (Lipinski definition) is 1. The van der Waals surface area contributed by atoms with E-state index in [0.717, 1.165) is 13.1 Å². The second-order valence-corrected chi connectivity index (χ2v) is 6.46. The van der Waals surface area contributed by atoms with Crippen molar-refractivity contribution in [1.82, 2.24) is 14.9 Å². The summed E-state index contributed by atoms with van der Waals surface area (Å²) >= 11 is 0. The molecule has 0 unspecified atom stereocenters. The average Bonchev–Trinajstić information content (AvgIpc) is 2.70. The highest BCUT2D eigenvalue weighted by molar-refractivity contribution is 5.93. The molecule has 10 heteroatoms. The summed E-state index contributed by atoms with van der Waals surface area (Å²) in [7, 11) is 1.36. The molecule has 1 saturated heterocycles. The molecule has 1 aliphatic rings. The Morgan fingerprint density at radius 3 is 2.54 bits per heavy atom. The van der Waals surface area contributed by atoms with E-state index in [4.69, 9.17) is 4.74 Å². The van der Waals surface area contributed by atoms with Crippen LogP contribution >= 0.6 is 0 Å². The molecule has 0 radical (unpaired) electrons. The van der Waals surface area contributed by atoms with E-state index in [1.807, 2.05) is 4.90 Å². The highest BCUT2D eigenvalue weighted by Crippen LogP contribution is 2.32. The lowest BCUT2D eigenvalue weighted by atomic mass is 10.1. The summed E-state index contributed by atoms with van der Waals surface area (Å²) in [6.45, 7) is 4.86. The molecule has 1 fully saturated rings. The molecule has 0 aliphatic carbocycles. The normalized spacial score (nSPS) is 14.6. The van der Waals surface area contributed by atoms with Gasteiger partial charge in [-0.25, -0.2) is 9.97 Å². The summed E-state index contributed by atoms with van der Waals surface area (Å²) in [4.78, 5) is 35.6. The molecule has 1 aliphatic heterocycles. The number of carbonyl (C=O) groups is 1. The number of amides is 1. The molecule has 1 amide bonds. The number of aromatic nitrogens is 2. The molecule has 148 valence electrons. The molecule has 1 aromatic carbocycles. The summed E-state index contributed by atoms with van der Waals surface area (Å²) in [6.07, 6.45) is 3.42. The Bertz CT molecular complexity index is 853. The number of hydrogen-bond acceptors (Lipinski definition) is 8. The molecule has 28 heavy (non-hydrogen) atoms. The number of aryl methyl sites for hydroxylation is 1. The number of anilines is 2. The van der Waals surface area contributed by atoms with Gasteiger partial charge in [0, 0.05) is 56.4 Å². The van der Waals surface area contributed by atoms with Crippen molar-refractivity contribution >= 4 is 23.2 Å². The van der Waals surface area contributed by atoms with E-state index in [1.165, 1.54) is 19.2 Å². The zero-order valence-electron chi connectivity index (χ0n) is 15.8. The van der Waals surface area contributed by atoms with Gasteiger partial charge in [0.2, 0.25) is 11.9 Å². The molecule has 0 saturated carbocycles. The molecule has 0 spiro atoms. The van der Waals surface area contributed by atoms with Gasteiger partial charge in [-0.15, -0.1) is 0 Å². The van der Waals surface area contributed by atoms with Gasteiger partial charge < -0.3 is 15.0 Å². The van der Waals surface area contributed by atoms with Crippen molar-refractivity contribution in [1.29, 1.82) is 0 Å². The third kappa shape index (κ3) is 4.52. The molecular formula is C18H22N6O4. The number of benzene rings is 1. The fraction of sp³-hybridized carbons (Fsp3) is 0.389. The maximum Gasteiger partial charge on any atom is 0.311 e. The molecule has 1 N–H and O–H groups in total. The van der Waals surface area contributed by atoms with Gasteiger partial charge in [-0.1, -0.05) is 0 Å². The van der Waals surface area contributed by atoms with Crippen molar-refractivity contribution in [2.24, 2.45) is 0 Å². The van der Waals surface area contributed by atoms with E-state index >= 15 is 0 Å². The van der Waals surface area contributed by atoms with E-state index < -0.39 is 4.92 Å². The first-order valence-corrected chi connectivity index (χ1v) is 8.85. The molecule has 2 heterocycles. The van der Waals surface area contributed by atoms with Crippen LogP contribution in [0.15, 0.2) is 30.6 Å². The van der Waals surface area contributed by atoms with Gasteiger partial charge in [0.1, 0.15) is 0 Å². The standard InChI is InChI=1S/C18H22N6O4/c1-13-10-15(24(26)27)16(28-2)11-14(13)21-17(25)12-22-6-8-23(9-7-22)18-19-4-3-5-20-18/h3-5,10-11H,6-9,12H2,1-2H3,(H,21,25). The third-order valence-corrected chi connectivity index (χ3v) is 4.57. The highest BCUT2D eigenvalue weighted by Gasteiger charge is 2.22. The van der Waals surface area contributed by atoms with Crippen molar-refractivity contribution in [2.75, 3.05) is 50.1 Å². The Morgan fingerprint density at radius 1 is 1.25 bits per heavy atom. The van der Waals surface area contributed by atoms with E-state index in [2.05, 4.69) is 20.2 Å². The van der Waals surface area contributed by atoms with Gasteiger partial charge >= 0.3 is 5.69 Å². The van der Waals surface area contributed by atoms with Crippen molar-refractivity contribution in [3.63, 3.8) is 0 Å². The lowest BCUT2D eigenvalue weighted by Crippen LogP contribution is -2.49. The SMILES string of the molecule is COc1cc(NC(=O)CN2CCN(c3ncccn3)CC2)c(C)cc1[N+](=O)[O-]. The number of ether oxygens (including phenoxy) is 1. The Morgan fingerprint density at radius 2 is 1.93 bits per heavy atom. The maximum atomic E-state index is 12.4. The minimum Gasteiger partial charge on any atom is -0.490 e. The zero-order valence-corrected chi connectivity index (χ0v) is 15.8. The molecular weight excluding hydrogens is 364 g/mol. The van der Waals surface area contributed by atoms with Crippen molar-refractivity contribution < 1.29 is 14.5 Å². The van der Waals surface area contributed by atoms with Gasteiger partial charge in [-0.3, -0.25) is 19.8 Å². The lowest BCUT2D eigenvalue weighted by Gasteiger charge is -2.34. The molecule has 10 nitrogen and oxygen atoms in total. The number of carbonyl (C=O) groups excluding carboxylic acids is 1. The highest BCUT2D eigenvalue weighted by atomic mass is 16.6. The Labute approximate surface area is 162 Å². The maximum absolute atomic E-state index is 12.4. The molecule has 0 atom stereocenters. The third-order valence-electron chi connectivity index (χ3n) is 4.57. The number of piperazine rings is 1. The minimum atomic E-state index is -0.507. The van der Waals surface area contributed by atoms with E-state index in [1.54, 1.807) is 25.4 Å². The van der Waals surface area contributed by atoms with Crippen LogP contribution in [0.2, 0.25) is 0 Å². The predicted octanol–water partition coefficient (Wildman–Crippen LogP) is 1.46. The van der Waals surface area contributed by atoms with Crippen LogP contribution in [0.3, 0.4) is 0 Å². The quantitative estimate of drug-likeness (QED) is 0.586. The number of nitrogens with one attached hydrogen (secondary N) is 1. The largest absolute Gasteiger partial charge is 0.490 e. The lowest BCUT2D eigenvalue weighted by molar-refractivity contribution is -0.385. The van der Waals surface area contributed by atoms with Crippen LogP contribution in [0.5, 0.6) is 5.75 Å². The predicted molar refractivity (Wildman–Crippen MR) is 104 cm³/mol. The summed E-state index contributed by atoms with van der Waals surface area (Å²) in [6, 6.07) is 4.66. The van der Waals surface area contributed by atoms with Gasteiger partial charge in [-0.2, -0.15) is 0 Å². The van der Waals surface area contributed by atoms with Crippen LogP contribution in [0, 0.1) is 17.0 Å². The number of rotatable bonds is 6. The summed E-state index contributed by atoms with van der Waals surface area (Å²) in [5, 5.41) is 13.9. The molecule has 0 bridgehead atoms. The first-order chi connectivity index (χ1) is 13.5. The minimum absolute atomic E-state index is 0.113. The second-order valence-electron chi connectivity index (χ2n) is 6.46. The smallest absolute Gasteiger partial charge is 0.311 e. The van der Waals surface area contributed by atoms with Crippen molar-refractivity contribution in [3.8, 4) is 5.75 Å². The molecule has 1 aromatic heterocycles. The van der Waals surface area contributed by atoms with E-state index in [9.17, 15) is 14.9 Å². The van der Waals surface area contributed by atoms with Crippen LogP contribution in [0.25, 0.3) is 0 Å². The van der Waals surface area contributed by atoms with Crippen LogP contribution in [0.4, 0.5) is 17.3 Å². The Hall–Kier alpha value is -3.27. The average molecular weight is 386 g/mol. The van der Waals surface area contributed by atoms with Crippen LogP contribution in [-0.4, -0.2) is 65.5 Å². The number of nitro benzene ring substituents is 1. The van der Waals surface area contributed by atoms with Gasteiger partial charge in [0.05, 0.1) is 18.6 Å². The number of nitro groups is 1. The Balaban J connectivity index is 1.57. The number of methoxy groups -OCH3 is 1. The Kier molecular flexibility index (Phi) is 5.99. The van der Waals surface area contributed by atoms with E-state index in [-0.39, 0.29) is 23.9 Å². The van der Waals surface area contributed by atoms with Crippen LogP contribution in [-0.2, 0) is 4.79 Å². The molecule has 2 aromatic rings. The summed E-state index contributed by atoms with van der Waals surface area (Å²) in [5.41, 5.74) is 0.980. The second kappa shape index (κ2) is 8.61. The monoisotopic (exact) mass is 386 g/mol. The topological polar surface area (TPSA) is 114 Å². The zero-order chi connectivity index (χ0) is 20.1. The first-order valence-electron chi connectivity index (χ1n) is 8.85. The van der Waals surface area contributed by atoms with Crippen LogP contribution in [0.1, 0.15) is 5.56 Å². The fourth-order valence-electron chi connectivity index (χ4n) is 3.07. The summed E-state index contributed by atoms with van der Waals surface area (Å²) in [5.74, 6) is 0.631. The van der Waals surface area contributed by atoms with E-state index in [0.29, 0.717) is 30.3 Å². The number of nitrogens with zero attached hydrogens (tertiary/aromatic N) is 5.